The highest BCUT2D eigenvalue weighted by Gasteiger charge is 2.39. The molecule has 2 saturated carbocycles. The van der Waals surface area contributed by atoms with Crippen LogP contribution in [0.5, 0.6) is 5.88 Å². The second kappa shape index (κ2) is 9.09. The summed E-state index contributed by atoms with van der Waals surface area (Å²) in [6.45, 7) is 7.29. The zero-order valence-electron chi connectivity index (χ0n) is 18.9. The van der Waals surface area contributed by atoms with Crippen LogP contribution in [0, 0.1) is 22.7 Å². The molecule has 2 heterocycles. The van der Waals surface area contributed by atoms with Crippen LogP contribution >= 0.6 is 0 Å². The van der Waals surface area contributed by atoms with E-state index in [9.17, 15) is 5.26 Å². The first-order valence-electron chi connectivity index (χ1n) is 11.9. The Morgan fingerprint density at radius 3 is 2.40 bits per heavy atom. The Balaban J connectivity index is 1.46. The molecule has 3 aliphatic rings. The van der Waals surface area contributed by atoms with Crippen LogP contribution in [0.25, 0.3) is 0 Å². The maximum atomic E-state index is 9.50. The Bertz CT molecular complexity index is 765. The highest BCUT2D eigenvalue weighted by Crippen LogP contribution is 2.52. The number of nitrogens with zero attached hydrogens (tertiary/aromatic N) is 4. The quantitative estimate of drug-likeness (QED) is 0.730. The number of piperidine rings is 1. The van der Waals surface area contributed by atoms with Gasteiger partial charge in [0.05, 0.1) is 5.56 Å². The van der Waals surface area contributed by atoms with Crippen molar-refractivity contribution in [1.29, 1.82) is 5.26 Å². The second-order valence-electron chi connectivity index (χ2n) is 10.2. The van der Waals surface area contributed by atoms with E-state index in [0.29, 0.717) is 17.2 Å². The van der Waals surface area contributed by atoms with Crippen molar-refractivity contribution in [1.82, 2.24) is 14.9 Å². The summed E-state index contributed by atoms with van der Waals surface area (Å²) < 4.78 is 6.35. The van der Waals surface area contributed by atoms with E-state index in [1.807, 2.05) is 0 Å². The summed E-state index contributed by atoms with van der Waals surface area (Å²) in [4.78, 5) is 11.3. The summed E-state index contributed by atoms with van der Waals surface area (Å²) in [6, 6.07) is 2.13. The summed E-state index contributed by atoms with van der Waals surface area (Å²) in [5, 5.41) is 13.1. The molecule has 0 atom stereocenters. The zero-order chi connectivity index (χ0) is 21.1. The average molecular weight is 412 g/mol. The Morgan fingerprint density at radius 1 is 1.13 bits per heavy atom. The van der Waals surface area contributed by atoms with E-state index in [1.165, 1.54) is 44.9 Å². The standard InChI is InChI=1S/C24H37N5O/c1-17(2)21-22(26-16-18-5-11-24(12-6-18)9-4-10-24)27-20(15-25)28-23(21)30-19-7-13-29(3)14-8-19/h17-19H,4-14,16H2,1-3H3,(H,26,27,28). The van der Waals surface area contributed by atoms with Crippen molar-refractivity contribution in [3.8, 4) is 11.9 Å². The summed E-state index contributed by atoms with van der Waals surface area (Å²) in [5.41, 5.74) is 1.71. The van der Waals surface area contributed by atoms with Gasteiger partial charge in [-0.05, 0) is 75.7 Å². The molecule has 30 heavy (non-hydrogen) atoms. The Labute approximate surface area is 181 Å². The molecule has 0 aromatic carbocycles. The molecule has 3 fully saturated rings. The largest absolute Gasteiger partial charge is 0.474 e. The fraction of sp³-hybridized carbons (Fsp3) is 0.792. The van der Waals surface area contributed by atoms with Gasteiger partial charge in [-0.3, -0.25) is 0 Å². The lowest BCUT2D eigenvalue weighted by Crippen LogP contribution is -2.36. The average Bonchev–Trinajstić information content (AvgIpc) is 2.72. The third-order valence-electron chi connectivity index (χ3n) is 7.67. The molecular weight excluding hydrogens is 374 g/mol. The van der Waals surface area contributed by atoms with Gasteiger partial charge in [-0.25, -0.2) is 4.98 Å². The van der Waals surface area contributed by atoms with Crippen molar-refractivity contribution in [2.75, 3.05) is 32.0 Å². The molecule has 6 heteroatoms. The molecule has 1 spiro atoms. The van der Waals surface area contributed by atoms with Crippen LogP contribution in [-0.4, -0.2) is 47.7 Å². The molecule has 4 rings (SSSR count). The highest BCUT2D eigenvalue weighted by atomic mass is 16.5. The highest BCUT2D eigenvalue weighted by molar-refractivity contribution is 5.52. The molecule has 2 aliphatic carbocycles. The van der Waals surface area contributed by atoms with Crippen molar-refractivity contribution in [2.24, 2.45) is 11.3 Å². The molecule has 0 bridgehead atoms. The van der Waals surface area contributed by atoms with E-state index < -0.39 is 0 Å². The first-order valence-corrected chi connectivity index (χ1v) is 11.9. The fourth-order valence-corrected chi connectivity index (χ4v) is 5.42. The first kappa shape index (κ1) is 21.4. The lowest BCUT2D eigenvalue weighted by Gasteiger charge is -2.47. The first-order chi connectivity index (χ1) is 14.5. The minimum absolute atomic E-state index is 0.157. The maximum Gasteiger partial charge on any atom is 0.237 e. The van der Waals surface area contributed by atoms with Crippen LogP contribution in [0.4, 0.5) is 5.82 Å². The minimum atomic E-state index is 0.157. The Hall–Kier alpha value is -1.87. The van der Waals surface area contributed by atoms with Crippen molar-refractivity contribution in [3.63, 3.8) is 0 Å². The number of likely N-dealkylation sites (tertiary alicyclic amines) is 1. The number of rotatable bonds is 6. The number of hydrogen-bond acceptors (Lipinski definition) is 6. The molecule has 1 aromatic rings. The number of ether oxygens (including phenoxy) is 1. The zero-order valence-corrected chi connectivity index (χ0v) is 18.9. The van der Waals surface area contributed by atoms with Crippen LogP contribution in [-0.2, 0) is 0 Å². The topological polar surface area (TPSA) is 74.1 Å². The SMILES string of the molecule is CC(C)c1c(NCC2CCC3(CCC3)CC2)nc(C#N)nc1OC1CCN(C)CC1. The van der Waals surface area contributed by atoms with Crippen molar-refractivity contribution >= 4 is 5.82 Å². The number of hydrogen-bond donors (Lipinski definition) is 1. The van der Waals surface area contributed by atoms with E-state index >= 15 is 0 Å². The smallest absolute Gasteiger partial charge is 0.237 e. The van der Waals surface area contributed by atoms with Gasteiger partial charge < -0.3 is 15.0 Å². The van der Waals surface area contributed by atoms with Gasteiger partial charge in [-0.1, -0.05) is 20.3 Å². The van der Waals surface area contributed by atoms with Crippen molar-refractivity contribution < 1.29 is 4.74 Å². The van der Waals surface area contributed by atoms with Gasteiger partial charge in [0, 0.05) is 19.6 Å². The maximum absolute atomic E-state index is 9.50. The molecule has 0 amide bonds. The molecule has 1 aliphatic heterocycles. The monoisotopic (exact) mass is 411 g/mol. The van der Waals surface area contributed by atoms with Gasteiger partial charge in [-0.2, -0.15) is 10.2 Å². The lowest BCUT2D eigenvalue weighted by atomic mass is 9.59. The van der Waals surface area contributed by atoms with Crippen molar-refractivity contribution in [2.45, 2.75) is 83.7 Å². The molecular formula is C24H37N5O. The molecule has 0 unspecified atom stereocenters. The normalized spacial score (nSPS) is 22.6. The van der Waals surface area contributed by atoms with Crippen LogP contribution in [0.1, 0.15) is 88.9 Å². The lowest BCUT2D eigenvalue weighted by molar-refractivity contribution is 0.0581. The third-order valence-corrected chi connectivity index (χ3v) is 7.67. The van der Waals surface area contributed by atoms with E-state index in [1.54, 1.807) is 0 Å². The summed E-state index contributed by atoms with van der Waals surface area (Å²) in [5.74, 6) is 2.51. The summed E-state index contributed by atoms with van der Waals surface area (Å²) in [6.07, 6.45) is 11.8. The van der Waals surface area contributed by atoms with Gasteiger partial charge in [0.2, 0.25) is 11.7 Å². The van der Waals surface area contributed by atoms with Crippen LogP contribution < -0.4 is 10.1 Å². The van der Waals surface area contributed by atoms with Gasteiger partial charge in [0.15, 0.2) is 0 Å². The molecule has 6 nitrogen and oxygen atoms in total. The number of nitrogens with one attached hydrogen (secondary N) is 1. The Morgan fingerprint density at radius 2 is 1.83 bits per heavy atom. The Kier molecular flexibility index (Phi) is 6.48. The van der Waals surface area contributed by atoms with Gasteiger partial charge in [-0.15, -0.1) is 0 Å². The predicted molar refractivity (Wildman–Crippen MR) is 119 cm³/mol. The number of nitriles is 1. The molecule has 0 radical (unpaired) electrons. The van der Waals surface area contributed by atoms with E-state index in [-0.39, 0.29) is 17.8 Å². The van der Waals surface area contributed by atoms with E-state index in [4.69, 9.17) is 4.74 Å². The van der Waals surface area contributed by atoms with Crippen LogP contribution in [0.3, 0.4) is 0 Å². The van der Waals surface area contributed by atoms with Crippen LogP contribution in [0.15, 0.2) is 0 Å². The molecule has 164 valence electrons. The van der Waals surface area contributed by atoms with Gasteiger partial charge >= 0.3 is 0 Å². The van der Waals surface area contributed by atoms with Gasteiger partial charge in [0.1, 0.15) is 18.0 Å². The molecule has 1 saturated heterocycles. The fourth-order valence-electron chi connectivity index (χ4n) is 5.42. The second-order valence-corrected chi connectivity index (χ2v) is 10.2. The van der Waals surface area contributed by atoms with Gasteiger partial charge in [0.25, 0.3) is 0 Å². The molecule has 1 N–H and O–H groups in total. The summed E-state index contributed by atoms with van der Waals surface area (Å²) >= 11 is 0. The third kappa shape index (κ3) is 4.72. The molecule has 1 aromatic heterocycles. The minimum Gasteiger partial charge on any atom is -0.474 e. The number of anilines is 1. The van der Waals surface area contributed by atoms with Crippen molar-refractivity contribution in [3.05, 3.63) is 11.4 Å². The van der Waals surface area contributed by atoms with E-state index in [2.05, 4.69) is 47.1 Å². The predicted octanol–water partition coefficient (Wildman–Crippen LogP) is 4.72. The summed E-state index contributed by atoms with van der Waals surface area (Å²) in [7, 11) is 2.15. The number of aromatic nitrogens is 2. The van der Waals surface area contributed by atoms with Crippen LogP contribution in [0.2, 0.25) is 0 Å². The van der Waals surface area contributed by atoms with E-state index in [0.717, 1.165) is 43.9 Å².